The molecule has 0 radical (unpaired) electrons. The van der Waals surface area contributed by atoms with Crippen LogP contribution < -0.4 is 9.61 Å². The summed E-state index contributed by atoms with van der Waals surface area (Å²) in [6, 6.07) is 17.6. The summed E-state index contributed by atoms with van der Waals surface area (Å²) in [6.07, 6.45) is 3.42. The van der Waals surface area contributed by atoms with Crippen LogP contribution >= 0.6 is 11.3 Å². The molecule has 1 atom stereocenters. The van der Waals surface area contributed by atoms with Crippen molar-refractivity contribution in [3.63, 3.8) is 0 Å². The summed E-state index contributed by atoms with van der Waals surface area (Å²) in [4.78, 5) is 24.7. The summed E-state index contributed by atoms with van der Waals surface area (Å²) in [5.41, 5.74) is 3.32. The summed E-state index contributed by atoms with van der Waals surface area (Å²) in [7, 11) is 0. The van der Waals surface area contributed by atoms with Gasteiger partial charge in [-0.25, -0.2) is 4.79 Å². The quantitative estimate of drug-likeness (QED) is 0.184. The molecule has 1 unspecified atom stereocenters. The van der Waals surface area contributed by atoms with Gasteiger partial charge in [-0.05, 0) is 66.9 Å². The van der Waals surface area contributed by atoms with E-state index in [0.717, 1.165) is 21.3 Å². The van der Waals surface area contributed by atoms with Gasteiger partial charge in [0.1, 0.15) is 23.9 Å². The summed E-state index contributed by atoms with van der Waals surface area (Å²) in [5, 5.41) is 19.3. The Kier molecular flexibility index (Phi) is 9.40. The number of hydrogen-bond donors (Lipinski definition) is 2. The van der Waals surface area contributed by atoms with Gasteiger partial charge in [0.25, 0.3) is 0 Å². The Labute approximate surface area is 230 Å². The first kappa shape index (κ1) is 27.9. The standard InChI is InChI=1S/C30H31NO7S/c1-3-36-27(29(34)37-4-2)17-20-7-10-25(11-8-20)38-14-13-31-26-12-9-21(18-28(26)39-30(31)35)5-6-22-15-23(32)19-24(33)16-22/h5-12,15-16,18-19,27,32-33H,3-4,13-14,17H2,1-2H3/b6-5+. The molecule has 2 N–H and O–H groups in total. The molecular weight excluding hydrogens is 518 g/mol. The lowest BCUT2D eigenvalue weighted by atomic mass is 10.1. The highest BCUT2D eigenvalue weighted by atomic mass is 32.1. The molecule has 0 amide bonds. The minimum absolute atomic E-state index is 0.0113. The van der Waals surface area contributed by atoms with Crippen LogP contribution in [0.15, 0.2) is 65.5 Å². The molecule has 8 nitrogen and oxygen atoms in total. The second-order valence-electron chi connectivity index (χ2n) is 8.76. The lowest BCUT2D eigenvalue weighted by Gasteiger charge is -2.16. The van der Waals surface area contributed by atoms with Gasteiger partial charge in [0.15, 0.2) is 6.10 Å². The predicted molar refractivity (Wildman–Crippen MR) is 152 cm³/mol. The lowest BCUT2D eigenvalue weighted by Crippen LogP contribution is -2.28. The van der Waals surface area contributed by atoms with Gasteiger partial charge in [-0.2, -0.15) is 0 Å². The average molecular weight is 550 g/mol. The number of hydrogen-bond acceptors (Lipinski definition) is 8. The third-order valence-electron chi connectivity index (χ3n) is 5.93. The van der Waals surface area contributed by atoms with Crippen LogP contribution in [0.5, 0.6) is 17.2 Å². The normalized spacial score (nSPS) is 12.2. The number of carbonyl (C=O) groups excluding carboxylic acids is 1. The molecule has 1 heterocycles. The first-order valence-electron chi connectivity index (χ1n) is 12.7. The van der Waals surface area contributed by atoms with E-state index < -0.39 is 6.10 Å². The van der Waals surface area contributed by atoms with Crippen LogP contribution in [-0.2, 0) is 27.2 Å². The molecule has 4 aromatic rings. The molecule has 1 aromatic heterocycles. The van der Waals surface area contributed by atoms with Gasteiger partial charge in [-0.15, -0.1) is 0 Å². The number of nitrogens with zero attached hydrogens (tertiary/aromatic N) is 1. The Balaban J connectivity index is 1.36. The van der Waals surface area contributed by atoms with E-state index in [-0.39, 0.29) is 22.3 Å². The fourth-order valence-electron chi connectivity index (χ4n) is 4.14. The number of aromatic hydroxyl groups is 2. The molecule has 3 aromatic carbocycles. The number of benzene rings is 3. The van der Waals surface area contributed by atoms with Gasteiger partial charge in [0.05, 0.1) is 23.4 Å². The summed E-state index contributed by atoms with van der Waals surface area (Å²) >= 11 is 1.17. The second kappa shape index (κ2) is 13.1. The van der Waals surface area contributed by atoms with Crippen molar-refractivity contribution in [2.75, 3.05) is 19.8 Å². The average Bonchev–Trinajstić information content (AvgIpc) is 3.22. The van der Waals surface area contributed by atoms with Crippen molar-refractivity contribution < 1.29 is 29.2 Å². The highest BCUT2D eigenvalue weighted by Crippen LogP contribution is 2.24. The fraction of sp³-hybridized carbons (Fsp3) is 0.267. The number of aromatic nitrogens is 1. The van der Waals surface area contributed by atoms with Crippen LogP contribution in [0, 0.1) is 0 Å². The number of rotatable bonds is 12. The highest BCUT2D eigenvalue weighted by Gasteiger charge is 2.20. The maximum atomic E-state index is 12.7. The minimum Gasteiger partial charge on any atom is -0.508 e. The number of ether oxygens (including phenoxy) is 3. The molecule has 4 rings (SSSR count). The largest absolute Gasteiger partial charge is 0.508 e. The summed E-state index contributed by atoms with van der Waals surface area (Å²) in [5.74, 6) is 0.277. The third kappa shape index (κ3) is 7.49. The Bertz CT molecular complexity index is 1480. The van der Waals surface area contributed by atoms with Gasteiger partial charge in [0, 0.05) is 19.1 Å². The molecule has 0 saturated carbocycles. The Hall–Kier alpha value is -4.08. The van der Waals surface area contributed by atoms with Crippen LogP contribution in [0.1, 0.15) is 30.5 Å². The van der Waals surface area contributed by atoms with E-state index in [2.05, 4.69) is 0 Å². The fourth-order valence-corrected chi connectivity index (χ4v) is 5.11. The van der Waals surface area contributed by atoms with Crippen molar-refractivity contribution in [2.24, 2.45) is 0 Å². The number of fused-ring (bicyclic) bond motifs is 1. The monoisotopic (exact) mass is 549 g/mol. The maximum absolute atomic E-state index is 12.7. The Morgan fingerprint density at radius 2 is 1.67 bits per heavy atom. The molecule has 0 aliphatic rings. The Morgan fingerprint density at radius 1 is 0.949 bits per heavy atom. The van der Waals surface area contributed by atoms with Crippen molar-refractivity contribution in [3.8, 4) is 17.2 Å². The van der Waals surface area contributed by atoms with Gasteiger partial charge in [-0.1, -0.05) is 41.7 Å². The van der Waals surface area contributed by atoms with E-state index in [1.54, 1.807) is 29.7 Å². The van der Waals surface area contributed by atoms with Crippen LogP contribution in [0.25, 0.3) is 22.4 Å². The van der Waals surface area contributed by atoms with Crippen LogP contribution in [-0.4, -0.2) is 46.7 Å². The van der Waals surface area contributed by atoms with E-state index in [0.29, 0.717) is 44.1 Å². The highest BCUT2D eigenvalue weighted by molar-refractivity contribution is 7.16. The zero-order valence-corrected chi connectivity index (χ0v) is 22.6. The molecule has 0 bridgehead atoms. The van der Waals surface area contributed by atoms with Crippen molar-refractivity contribution in [1.82, 2.24) is 4.57 Å². The first-order valence-corrected chi connectivity index (χ1v) is 13.5. The lowest BCUT2D eigenvalue weighted by molar-refractivity contribution is -0.156. The van der Waals surface area contributed by atoms with Gasteiger partial charge >= 0.3 is 10.8 Å². The molecule has 39 heavy (non-hydrogen) atoms. The predicted octanol–water partition coefficient (Wildman–Crippen LogP) is 5.23. The zero-order valence-electron chi connectivity index (χ0n) is 21.8. The second-order valence-corrected chi connectivity index (χ2v) is 9.75. The van der Waals surface area contributed by atoms with Gasteiger partial charge < -0.3 is 24.4 Å². The molecule has 0 aliphatic heterocycles. The summed E-state index contributed by atoms with van der Waals surface area (Å²) < 4.78 is 19.1. The van der Waals surface area contributed by atoms with E-state index >= 15 is 0 Å². The number of phenols is 2. The van der Waals surface area contributed by atoms with Crippen molar-refractivity contribution in [1.29, 1.82) is 0 Å². The SMILES string of the molecule is CCOC(=O)C(Cc1ccc(OCCn2c(=O)sc3cc(/C=C/c4cc(O)cc(O)c4)ccc32)cc1)OCC. The van der Waals surface area contributed by atoms with Crippen LogP contribution in [0.3, 0.4) is 0 Å². The number of thiazole rings is 1. The number of phenolic OH excluding ortho intramolecular Hbond substituents is 2. The molecule has 9 heteroatoms. The smallest absolute Gasteiger partial charge is 0.335 e. The summed E-state index contributed by atoms with van der Waals surface area (Å²) in [6.45, 7) is 5.05. The topological polar surface area (TPSA) is 107 Å². The van der Waals surface area contributed by atoms with E-state index in [4.69, 9.17) is 14.2 Å². The van der Waals surface area contributed by atoms with E-state index in [1.165, 1.54) is 17.4 Å². The van der Waals surface area contributed by atoms with Crippen molar-refractivity contribution in [3.05, 3.63) is 87.0 Å². The Morgan fingerprint density at radius 3 is 2.36 bits per heavy atom. The third-order valence-corrected chi connectivity index (χ3v) is 6.87. The molecule has 0 fully saturated rings. The number of esters is 1. The number of carbonyl (C=O) groups is 1. The molecule has 0 aliphatic carbocycles. The minimum atomic E-state index is -0.642. The molecule has 0 saturated heterocycles. The molecule has 204 valence electrons. The van der Waals surface area contributed by atoms with Crippen molar-refractivity contribution in [2.45, 2.75) is 32.9 Å². The zero-order chi connectivity index (χ0) is 27.8. The van der Waals surface area contributed by atoms with Crippen molar-refractivity contribution >= 4 is 39.7 Å². The van der Waals surface area contributed by atoms with E-state index in [1.807, 2.05) is 55.5 Å². The van der Waals surface area contributed by atoms with Crippen LogP contribution in [0.4, 0.5) is 0 Å². The maximum Gasteiger partial charge on any atom is 0.335 e. The first-order chi connectivity index (χ1) is 18.9. The van der Waals surface area contributed by atoms with Crippen LogP contribution in [0.2, 0.25) is 0 Å². The molecule has 0 spiro atoms. The van der Waals surface area contributed by atoms with Gasteiger partial charge in [-0.3, -0.25) is 9.36 Å². The molecular formula is C30H31NO7S. The van der Waals surface area contributed by atoms with Gasteiger partial charge in [0.2, 0.25) is 0 Å². The van der Waals surface area contributed by atoms with E-state index in [9.17, 15) is 19.8 Å².